The molecule has 2 bridgehead atoms. The van der Waals surface area contributed by atoms with Crippen molar-refractivity contribution in [1.82, 2.24) is 14.3 Å². The molecule has 8 nitrogen and oxygen atoms in total. The van der Waals surface area contributed by atoms with E-state index < -0.39 is 0 Å². The van der Waals surface area contributed by atoms with Gasteiger partial charge in [-0.25, -0.2) is 0 Å². The molecule has 2 aliphatic heterocycles. The molecule has 1 amide bonds. The molecule has 1 aromatic carbocycles. The number of carbonyl (C=O) groups excluding carboxylic acids is 1. The van der Waals surface area contributed by atoms with Crippen molar-refractivity contribution in [2.75, 3.05) is 11.9 Å². The highest BCUT2D eigenvalue weighted by atomic mass is 16.5. The van der Waals surface area contributed by atoms with E-state index in [4.69, 9.17) is 14.6 Å². The number of rotatable bonds is 6. The fourth-order valence-electron chi connectivity index (χ4n) is 5.34. The Kier molecular flexibility index (Phi) is 4.30. The zero-order valence-corrected chi connectivity index (χ0v) is 19.1. The zero-order valence-electron chi connectivity index (χ0n) is 19.1. The topological polar surface area (TPSA) is 87.4 Å². The lowest BCUT2D eigenvalue weighted by atomic mass is 9.69. The molecule has 0 spiro atoms. The number of ether oxygens (including phenoxy) is 2. The molecule has 2 aromatic heterocycles. The van der Waals surface area contributed by atoms with Crippen LogP contribution in [0, 0.1) is 0 Å². The van der Waals surface area contributed by atoms with Crippen molar-refractivity contribution >= 4 is 22.5 Å². The summed E-state index contributed by atoms with van der Waals surface area (Å²) in [6.45, 7) is 6.63. The van der Waals surface area contributed by atoms with E-state index in [0.29, 0.717) is 17.9 Å². The van der Waals surface area contributed by atoms with E-state index in [1.807, 2.05) is 30.8 Å². The second kappa shape index (κ2) is 6.93. The minimum atomic E-state index is -0.371. The van der Waals surface area contributed by atoms with Gasteiger partial charge in [0, 0.05) is 42.7 Å². The molecule has 4 heterocycles. The van der Waals surface area contributed by atoms with Crippen LogP contribution in [-0.4, -0.2) is 38.6 Å². The first-order valence-corrected chi connectivity index (χ1v) is 11.6. The predicted molar refractivity (Wildman–Crippen MR) is 124 cm³/mol. The van der Waals surface area contributed by atoms with Crippen molar-refractivity contribution in [2.24, 2.45) is 0 Å². The summed E-state index contributed by atoms with van der Waals surface area (Å²) in [6.07, 6.45) is 7.53. The number of nitrogens with one attached hydrogen (secondary N) is 1. The Balaban J connectivity index is 1.36. The van der Waals surface area contributed by atoms with E-state index >= 15 is 0 Å². The van der Waals surface area contributed by atoms with Crippen LogP contribution in [0.3, 0.4) is 0 Å². The number of aromatic nitrogens is 3. The van der Waals surface area contributed by atoms with E-state index in [1.54, 1.807) is 29.0 Å². The molecule has 0 atom stereocenters. The lowest BCUT2D eigenvalue weighted by molar-refractivity contribution is 0.00383. The molecule has 8 heteroatoms. The summed E-state index contributed by atoms with van der Waals surface area (Å²) in [5.41, 5.74) is 1.10. The van der Waals surface area contributed by atoms with E-state index in [1.165, 1.54) is 0 Å². The van der Waals surface area contributed by atoms with Crippen LogP contribution < -0.4 is 15.6 Å². The van der Waals surface area contributed by atoms with Crippen molar-refractivity contribution in [3.63, 3.8) is 0 Å². The van der Waals surface area contributed by atoms with E-state index in [-0.39, 0.29) is 40.4 Å². The standard InChI is InChI=1S/C25H28N4O4/c1-15(2)33-21-10-20-16(11-29(27-20)25-12-24(3,13-25)32-14-25)9-18(21)22(30)26-19-5-4-8-28(23(19)31)17-6-7-17/h4-5,8-11,15,17H,6-7,12-14H2,1-3H3,(H,26,30). The van der Waals surface area contributed by atoms with Crippen LogP contribution in [0.4, 0.5) is 5.69 Å². The number of benzene rings is 1. The van der Waals surface area contributed by atoms with Gasteiger partial charge in [-0.15, -0.1) is 0 Å². The molecule has 2 saturated heterocycles. The van der Waals surface area contributed by atoms with E-state index in [0.717, 1.165) is 36.6 Å². The van der Waals surface area contributed by atoms with Crippen LogP contribution in [0.5, 0.6) is 5.75 Å². The van der Waals surface area contributed by atoms with Crippen molar-refractivity contribution < 1.29 is 14.3 Å². The Morgan fingerprint density at radius 3 is 2.76 bits per heavy atom. The first kappa shape index (κ1) is 20.5. The number of hydrogen-bond acceptors (Lipinski definition) is 5. The number of carbonyl (C=O) groups is 1. The van der Waals surface area contributed by atoms with E-state index in [2.05, 4.69) is 12.2 Å². The van der Waals surface area contributed by atoms with Crippen LogP contribution in [0.25, 0.3) is 10.9 Å². The van der Waals surface area contributed by atoms with Gasteiger partial charge in [-0.05, 0) is 51.8 Å². The molecule has 2 aliphatic carbocycles. The lowest BCUT2D eigenvalue weighted by Crippen LogP contribution is -2.49. The van der Waals surface area contributed by atoms with Gasteiger partial charge >= 0.3 is 0 Å². The largest absolute Gasteiger partial charge is 0.490 e. The summed E-state index contributed by atoms with van der Waals surface area (Å²) in [6, 6.07) is 7.30. The number of nitrogens with zero attached hydrogens (tertiary/aromatic N) is 3. The van der Waals surface area contributed by atoms with Crippen LogP contribution in [-0.2, 0) is 10.3 Å². The molecule has 3 aromatic rings. The second-order valence-corrected chi connectivity index (χ2v) is 10.3. The maximum Gasteiger partial charge on any atom is 0.274 e. The lowest BCUT2D eigenvalue weighted by Gasteiger charge is -2.42. The molecule has 33 heavy (non-hydrogen) atoms. The summed E-state index contributed by atoms with van der Waals surface area (Å²) in [5.74, 6) is 0.0850. The monoisotopic (exact) mass is 448 g/mol. The predicted octanol–water partition coefficient (Wildman–Crippen LogP) is 3.85. The molecule has 1 N–H and O–H groups in total. The average molecular weight is 449 g/mol. The third-order valence-corrected chi connectivity index (χ3v) is 6.96. The van der Waals surface area contributed by atoms with Gasteiger partial charge in [0.25, 0.3) is 11.5 Å². The first-order chi connectivity index (χ1) is 15.8. The molecule has 0 unspecified atom stereocenters. The van der Waals surface area contributed by atoms with Gasteiger partial charge in [0.1, 0.15) is 11.4 Å². The molecule has 7 rings (SSSR count). The van der Waals surface area contributed by atoms with Gasteiger partial charge in [-0.1, -0.05) is 0 Å². The van der Waals surface area contributed by atoms with Crippen LogP contribution >= 0.6 is 0 Å². The number of anilines is 1. The van der Waals surface area contributed by atoms with Gasteiger partial charge in [0.05, 0.1) is 34.9 Å². The highest BCUT2D eigenvalue weighted by Gasteiger charge is 2.61. The SMILES string of the molecule is CC(C)Oc1cc2nn(C34COC(C)(C3)C4)cc2cc1C(=O)Nc1cccn(C2CC2)c1=O. The normalized spacial score (nSPS) is 25.9. The minimum Gasteiger partial charge on any atom is -0.490 e. The Morgan fingerprint density at radius 2 is 2.09 bits per heavy atom. The first-order valence-electron chi connectivity index (χ1n) is 11.6. The highest BCUT2D eigenvalue weighted by Crippen LogP contribution is 2.55. The van der Waals surface area contributed by atoms with Gasteiger partial charge < -0.3 is 19.4 Å². The smallest absolute Gasteiger partial charge is 0.274 e. The van der Waals surface area contributed by atoms with Gasteiger partial charge in [-0.3, -0.25) is 14.3 Å². The average Bonchev–Trinajstić information content (AvgIpc) is 3.28. The van der Waals surface area contributed by atoms with E-state index in [9.17, 15) is 9.59 Å². The molecule has 4 aliphatic rings. The minimum absolute atomic E-state index is 0.0435. The number of amides is 1. The van der Waals surface area contributed by atoms with Gasteiger partial charge in [-0.2, -0.15) is 5.10 Å². The quantitative estimate of drug-likeness (QED) is 0.619. The Bertz CT molecular complexity index is 1330. The number of pyridine rings is 1. The van der Waals surface area contributed by atoms with Crippen molar-refractivity contribution in [3.05, 3.63) is 52.6 Å². The summed E-state index contributed by atoms with van der Waals surface area (Å²) < 4.78 is 15.6. The molecule has 0 radical (unpaired) electrons. The van der Waals surface area contributed by atoms with Gasteiger partial charge in [0.2, 0.25) is 0 Å². The molecule has 172 valence electrons. The number of fused-ring (bicyclic) bond motifs is 2. The molecule has 4 fully saturated rings. The second-order valence-electron chi connectivity index (χ2n) is 10.3. The van der Waals surface area contributed by atoms with Crippen LogP contribution in [0.15, 0.2) is 41.5 Å². The summed E-state index contributed by atoms with van der Waals surface area (Å²) in [4.78, 5) is 26.1. The Morgan fingerprint density at radius 1 is 1.30 bits per heavy atom. The third kappa shape index (κ3) is 3.35. The maximum atomic E-state index is 13.3. The van der Waals surface area contributed by atoms with Crippen molar-refractivity contribution in [1.29, 1.82) is 0 Å². The van der Waals surface area contributed by atoms with Gasteiger partial charge in [0.15, 0.2) is 0 Å². The zero-order chi connectivity index (χ0) is 23.0. The van der Waals surface area contributed by atoms with Crippen molar-refractivity contribution in [2.45, 2.75) is 69.7 Å². The Hall–Kier alpha value is -3.13. The van der Waals surface area contributed by atoms with Crippen LogP contribution in [0.1, 0.15) is 62.9 Å². The highest BCUT2D eigenvalue weighted by molar-refractivity contribution is 6.08. The third-order valence-electron chi connectivity index (χ3n) is 6.96. The summed E-state index contributed by atoms with van der Waals surface area (Å²) >= 11 is 0. The van der Waals surface area contributed by atoms with Crippen molar-refractivity contribution in [3.8, 4) is 5.75 Å². The Labute approximate surface area is 191 Å². The fourth-order valence-corrected chi connectivity index (χ4v) is 5.34. The fraction of sp³-hybridized carbons (Fsp3) is 0.480. The molecular weight excluding hydrogens is 420 g/mol. The summed E-state index contributed by atoms with van der Waals surface area (Å²) in [5, 5.41) is 8.48. The van der Waals surface area contributed by atoms with Crippen LogP contribution in [0.2, 0.25) is 0 Å². The number of hydrogen-bond donors (Lipinski definition) is 1. The maximum absolute atomic E-state index is 13.3. The summed E-state index contributed by atoms with van der Waals surface area (Å²) in [7, 11) is 0. The molecule has 2 saturated carbocycles. The molecular formula is C25H28N4O4.